The van der Waals surface area contributed by atoms with Gasteiger partial charge >= 0.3 is 18.5 Å². The molecule has 3 aromatic carbocycles. The van der Waals surface area contributed by atoms with Gasteiger partial charge in [0.2, 0.25) is 0 Å². The molecule has 0 radical (unpaired) electrons. The number of pyridine rings is 1. The Labute approximate surface area is 264 Å². The maximum absolute atomic E-state index is 14.0. The van der Waals surface area contributed by atoms with Crippen LogP contribution in [0, 0.1) is 6.92 Å². The Bertz CT molecular complexity index is 1900. The number of aromatic nitrogens is 3. The summed E-state index contributed by atoms with van der Waals surface area (Å²) in [5.41, 5.74) is -2.65. The zero-order valence-electron chi connectivity index (χ0n) is 25.4. The van der Waals surface area contributed by atoms with Gasteiger partial charge in [-0.3, -0.25) is 4.90 Å². The molecule has 0 saturated carbocycles. The summed E-state index contributed by atoms with van der Waals surface area (Å²) in [4.78, 5) is 5.97. The second-order valence-electron chi connectivity index (χ2n) is 11.9. The average Bonchev–Trinajstić information content (AvgIpc) is 3.45. The fourth-order valence-electron chi connectivity index (χ4n) is 5.03. The summed E-state index contributed by atoms with van der Waals surface area (Å²) < 4.78 is 123. The van der Waals surface area contributed by atoms with Crippen LogP contribution in [0.3, 0.4) is 0 Å². The Morgan fingerprint density at radius 2 is 1.21 bits per heavy atom. The van der Waals surface area contributed by atoms with E-state index in [1.807, 2.05) is 32.9 Å². The third kappa shape index (κ3) is 7.13. The van der Waals surface area contributed by atoms with Crippen LogP contribution in [0.25, 0.3) is 16.9 Å². The second kappa shape index (κ2) is 11.8. The van der Waals surface area contributed by atoms with Crippen molar-refractivity contribution in [3.8, 4) is 16.9 Å². The molecule has 4 nitrogen and oxygen atoms in total. The predicted molar refractivity (Wildman–Crippen MR) is 160 cm³/mol. The van der Waals surface area contributed by atoms with Crippen LogP contribution in [0.2, 0.25) is 0 Å². The molecule has 0 unspecified atom stereocenters. The van der Waals surface area contributed by atoms with Crippen LogP contribution in [0.15, 0.2) is 91.1 Å². The molecule has 0 atom stereocenters. The third-order valence-electron chi connectivity index (χ3n) is 7.46. The van der Waals surface area contributed by atoms with Crippen LogP contribution in [0.4, 0.5) is 56.8 Å². The van der Waals surface area contributed by atoms with Crippen molar-refractivity contribution in [3.05, 3.63) is 119 Å². The van der Waals surface area contributed by atoms with Crippen molar-refractivity contribution in [2.75, 3.05) is 4.90 Å². The summed E-state index contributed by atoms with van der Waals surface area (Å²) in [5, 5.41) is 4.57. The minimum Gasteiger partial charge on any atom is -0.278 e. The highest BCUT2D eigenvalue weighted by atomic mass is 19.4. The predicted octanol–water partition coefficient (Wildman–Crippen LogP) is 11.1. The SMILES string of the molecule is Cc1cc(C(F)(F)F)ccc1-n1ccc(N(c2ccc(C(C)(C)C)cc2)c2cccc(-c3ccc(C(F)(F)F)cc3C(F)(F)F)n2)n1. The number of nitrogens with zero attached hydrogens (tertiary/aromatic N) is 4. The first-order valence-electron chi connectivity index (χ1n) is 14.1. The molecule has 0 bridgehead atoms. The number of aryl methyl sites for hydroxylation is 1. The molecule has 0 amide bonds. The lowest BCUT2D eigenvalue weighted by Crippen LogP contribution is -2.15. The smallest absolute Gasteiger partial charge is 0.278 e. The minimum atomic E-state index is -5.12. The van der Waals surface area contributed by atoms with Gasteiger partial charge in [-0.15, -0.1) is 5.10 Å². The Hall–Kier alpha value is -4.81. The first-order chi connectivity index (χ1) is 21.7. The van der Waals surface area contributed by atoms with E-state index in [1.165, 1.54) is 47.0 Å². The molecule has 246 valence electrons. The zero-order valence-corrected chi connectivity index (χ0v) is 25.4. The molecule has 0 aliphatic rings. The van der Waals surface area contributed by atoms with Gasteiger partial charge < -0.3 is 0 Å². The topological polar surface area (TPSA) is 34.0 Å². The van der Waals surface area contributed by atoms with Crippen LogP contribution in [0.1, 0.15) is 48.6 Å². The number of hydrogen-bond acceptors (Lipinski definition) is 3. The van der Waals surface area contributed by atoms with E-state index in [4.69, 9.17) is 0 Å². The van der Waals surface area contributed by atoms with Crippen molar-refractivity contribution < 1.29 is 39.5 Å². The first-order valence-corrected chi connectivity index (χ1v) is 14.1. The standard InChI is InChI=1S/C34H27F9N4/c1-20-18-22(32(35,36)37)11-15-28(20)46-17-16-30(45-46)47(24-12-8-21(9-13-24)31(2,3)4)29-7-5-6-27(44-29)25-14-10-23(33(38,39)40)19-26(25)34(41,42)43/h5-19H,1-4H3. The van der Waals surface area contributed by atoms with Crippen LogP contribution in [0.5, 0.6) is 0 Å². The van der Waals surface area contributed by atoms with Crippen LogP contribution < -0.4 is 4.90 Å². The molecule has 13 heteroatoms. The normalized spacial score (nSPS) is 12.8. The number of anilines is 3. The van der Waals surface area contributed by atoms with Crippen molar-refractivity contribution >= 4 is 17.3 Å². The maximum atomic E-state index is 14.0. The lowest BCUT2D eigenvalue weighted by Gasteiger charge is -2.25. The molecular formula is C34H27F9N4. The molecule has 5 aromatic rings. The van der Waals surface area contributed by atoms with E-state index >= 15 is 0 Å². The molecule has 2 aromatic heterocycles. The fourth-order valence-corrected chi connectivity index (χ4v) is 5.03. The highest BCUT2D eigenvalue weighted by molar-refractivity contribution is 5.75. The average molecular weight is 663 g/mol. The molecule has 0 fully saturated rings. The van der Waals surface area contributed by atoms with Gasteiger partial charge in [0.25, 0.3) is 0 Å². The summed E-state index contributed by atoms with van der Waals surface area (Å²) in [5.74, 6) is 0.314. The Morgan fingerprint density at radius 3 is 1.79 bits per heavy atom. The van der Waals surface area contributed by atoms with E-state index in [1.54, 1.807) is 18.2 Å². The summed E-state index contributed by atoms with van der Waals surface area (Å²) in [7, 11) is 0. The quantitative estimate of drug-likeness (QED) is 0.176. The van der Waals surface area contributed by atoms with Gasteiger partial charge in [0.05, 0.1) is 28.1 Å². The molecule has 0 spiro atoms. The first kappa shape index (κ1) is 33.6. The molecule has 2 heterocycles. The number of benzene rings is 3. The highest BCUT2D eigenvalue weighted by Crippen LogP contribution is 2.42. The Morgan fingerprint density at radius 1 is 0.617 bits per heavy atom. The zero-order chi connectivity index (χ0) is 34.5. The highest BCUT2D eigenvalue weighted by Gasteiger charge is 2.39. The van der Waals surface area contributed by atoms with Crippen molar-refractivity contribution in [2.24, 2.45) is 0 Å². The minimum absolute atomic E-state index is 0.0563. The summed E-state index contributed by atoms with van der Waals surface area (Å²) in [6, 6.07) is 17.5. The fraction of sp³-hybridized carbons (Fsp3) is 0.235. The van der Waals surface area contributed by atoms with Gasteiger partial charge in [-0.1, -0.05) is 45.0 Å². The molecule has 0 aliphatic carbocycles. The van der Waals surface area contributed by atoms with Crippen LogP contribution in [-0.2, 0) is 23.9 Å². The van der Waals surface area contributed by atoms with E-state index in [-0.39, 0.29) is 34.4 Å². The van der Waals surface area contributed by atoms with Gasteiger partial charge in [0.15, 0.2) is 5.82 Å². The van der Waals surface area contributed by atoms with Crippen LogP contribution in [-0.4, -0.2) is 14.8 Å². The van der Waals surface area contributed by atoms with Gasteiger partial charge in [0, 0.05) is 23.5 Å². The van der Waals surface area contributed by atoms with Gasteiger partial charge in [0.1, 0.15) is 5.82 Å². The number of rotatable bonds is 5. The summed E-state index contributed by atoms with van der Waals surface area (Å²) in [6.07, 6.45) is -13.1. The van der Waals surface area contributed by atoms with Crippen LogP contribution >= 0.6 is 0 Å². The van der Waals surface area contributed by atoms with E-state index in [0.717, 1.165) is 23.8 Å². The van der Waals surface area contributed by atoms with Gasteiger partial charge in [-0.2, -0.15) is 39.5 Å². The van der Waals surface area contributed by atoms with E-state index in [2.05, 4.69) is 10.1 Å². The van der Waals surface area contributed by atoms with Gasteiger partial charge in [-0.05, 0) is 78.1 Å². The molecule has 0 saturated heterocycles. The lowest BCUT2D eigenvalue weighted by atomic mass is 9.87. The molecule has 0 aliphatic heterocycles. The largest absolute Gasteiger partial charge is 0.417 e. The van der Waals surface area contributed by atoms with E-state index in [9.17, 15) is 39.5 Å². The van der Waals surface area contributed by atoms with Crippen molar-refractivity contribution in [1.29, 1.82) is 0 Å². The van der Waals surface area contributed by atoms with Crippen molar-refractivity contribution in [2.45, 2.75) is 51.6 Å². The molecular weight excluding hydrogens is 635 g/mol. The second-order valence-corrected chi connectivity index (χ2v) is 11.9. The van der Waals surface area contributed by atoms with E-state index in [0.29, 0.717) is 17.4 Å². The third-order valence-corrected chi connectivity index (χ3v) is 7.46. The molecule has 47 heavy (non-hydrogen) atoms. The van der Waals surface area contributed by atoms with Gasteiger partial charge in [-0.25, -0.2) is 9.67 Å². The van der Waals surface area contributed by atoms with Crippen molar-refractivity contribution in [1.82, 2.24) is 14.8 Å². The number of halogens is 9. The number of hydrogen-bond donors (Lipinski definition) is 0. The maximum Gasteiger partial charge on any atom is 0.417 e. The monoisotopic (exact) mass is 662 g/mol. The van der Waals surface area contributed by atoms with E-state index < -0.39 is 40.8 Å². The van der Waals surface area contributed by atoms with Crippen molar-refractivity contribution in [3.63, 3.8) is 0 Å². The number of alkyl halides is 9. The Balaban J connectivity index is 1.65. The summed E-state index contributed by atoms with van der Waals surface area (Å²) >= 11 is 0. The molecule has 0 N–H and O–H groups in total. The summed E-state index contributed by atoms with van der Waals surface area (Å²) in [6.45, 7) is 7.55. The molecule has 5 rings (SSSR count). The Kier molecular flexibility index (Phi) is 8.40. The lowest BCUT2D eigenvalue weighted by molar-refractivity contribution is -0.143.